The number of hydrogen-bond donors (Lipinski definition) is 1. The van der Waals surface area contributed by atoms with Gasteiger partial charge in [0.2, 0.25) is 5.71 Å². The average Bonchev–Trinajstić information content (AvgIpc) is 2.39. The highest BCUT2D eigenvalue weighted by Crippen LogP contribution is 2.27. The molecule has 1 aromatic carbocycles. The molecule has 0 atom stereocenters. The summed E-state index contributed by atoms with van der Waals surface area (Å²) in [6.07, 6.45) is 0. The molecule has 0 aliphatic rings. The van der Waals surface area contributed by atoms with E-state index in [1.54, 1.807) is 30.3 Å². The van der Waals surface area contributed by atoms with Crippen molar-refractivity contribution in [2.75, 3.05) is 12.5 Å². The molecule has 0 heterocycles. The van der Waals surface area contributed by atoms with E-state index in [0.29, 0.717) is 17.0 Å². The molecule has 0 bridgehead atoms. The summed E-state index contributed by atoms with van der Waals surface area (Å²) in [7, 11) is 1.45. The molecule has 1 aromatic rings. The van der Waals surface area contributed by atoms with E-state index < -0.39 is 0 Å². The quantitative estimate of drug-likeness (QED) is 0.618. The highest BCUT2D eigenvalue weighted by atomic mass is 16.5. The molecule has 0 saturated heterocycles. The topological polar surface area (TPSA) is 105 Å². The number of para-hydroxylation sites is 1. The Kier molecular flexibility index (Phi) is 4.07. The Labute approximate surface area is 98.0 Å². The van der Waals surface area contributed by atoms with Crippen molar-refractivity contribution in [2.45, 2.75) is 0 Å². The van der Waals surface area contributed by atoms with E-state index in [-0.39, 0.29) is 5.71 Å². The average molecular weight is 225 g/mol. The highest BCUT2D eigenvalue weighted by Gasteiger charge is 2.08. The van der Waals surface area contributed by atoms with Gasteiger partial charge in [-0.25, -0.2) is 0 Å². The van der Waals surface area contributed by atoms with Gasteiger partial charge in [0.1, 0.15) is 29.6 Å². The van der Waals surface area contributed by atoms with Gasteiger partial charge in [0.15, 0.2) is 0 Å². The Hall–Kier alpha value is -3.04. The van der Waals surface area contributed by atoms with Crippen molar-refractivity contribution in [3.8, 4) is 24.0 Å². The highest BCUT2D eigenvalue weighted by molar-refractivity contribution is 6.10. The molecule has 0 radical (unpaired) electrons. The summed E-state index contributed by atoms with van der Waals surface area (Å²) < 4.78 is 5.04. The predicted octanol–water partition coefficient (Wildman–Crippen LogP) is 1.38. The van der Waals surface area contributed by atoms with Gasteiger partial charge in [-0.3, -0.25) is 5.43 Å². The van der Waals surface area contributed by atoms with Gasteiger partial charge in [-0.1, -0.05) is 6.07 Å². The van der Waals surface area contributed by atoms with Crippen LogP contribution in [0.4, 0.5) is 5.69 Å². The van der Waals surface area contributed by atoms with Crippen molar-refractivity contribution in [3.63, 3.8) is 0 Å². The second-order valence-corrected chi connectivity index (χ2v) is 2.79. The number of ether oxygens (including phenoxy) is 1. The second kappa shape index (κ2) is 5.75. The van der Waals surface area contributed by atoms with E-state index in [4.69, 9.17) is 20.5 Å². The standard InChI is InChI=1S/C11H7N5O/c1-17-10-4-2-3-8(5-12)11(10)16-15-9(6-13)7-14/h2-4,16H,1H3. The predicted molar refractivity (Wildman–Crippen MR) is 60.0 cm³/mol. The fraction of sp³-hybridized carbons (Fsp3) is 0.0909. The van der Waals surface area contributed by atoms with Crippen LogP contribution in [0, 0.1) is 34.0 Å². The number of hydrazone groups is 1. The van der Waals surface area contributed by atoms with Crippen molar-refractivity contribution in [3.05, 3.63) is 23.8 Å². The molecule has 0 unspecified atom stereocenters. The van der Waals surface area contributed by atoms with Gasteiger partial charge in [0, 0.05) is 0 Å². The molecule has 17 heavy (non-hydrogen) atoms. The van der Waals surface area contributed by atoms with E-state index in [0.717, 1.165) is 0 Å². The monoisotopic (exact) mass is 225 g/mol. The fourth-order valence-corrected chi connectivity index (χ4v) is 1.10. The molecule has 6 nitrogen and oxygen atoms in total. The molecule has 0 aromatic heterocycles. The smallest absolute Gasteiger partial charge is 0.237 e. The lowest BCUT2D eigenvalue weighted by Crippen LogP contribution is -2.00. The first kappa shape index (κ1) is 12.0. The van der Waals surface area contributed by atoms with Crippen molar-refractivity contribution in [1.29, 1.82) is 15.8 Å². The zero-order valence-electron chi connectivity index (χ0n) is 8.93. The minimum Gasteiger partial charge on any atom is -0.494 e. The Bertz CT molecular complexity index is 555. The lowest BCUT2D eigenvalue weighted by molar-refractivity contribution is 0.416. The summed E-state index contributed by atoms with van der Waals surface area (Å²) in [5.74, 6) is 0.406. The molecule has 1 rings (SSSR count). The van der Waals surface area contributed by atoms with Crippen molar-refractivity contribution >= 4 is 11.4 Å². The maximum absolute atomic E-state index is 8.89. The molecule has 6 heteroatoms. The molecular formula is C11H7N5O. The van der Waals surface area contributed by atoms with E-state index in [2.05, 4.69) is 10.5 Å². The molecule has 0 saturated carbocycles. The first-order valence-corrected chi connectivity index (χ1v) is 4.47. The van der Waals surface area contributed by atoms with Gasteiger partial charge >= 0.3 is 0 Å². The van der Waals surface area contributed by atoms with Gasteiger partial charge in [0.25, 0.3) is 0 Å². The molecule has 1 N–H and O–H groups in total. The molecule has 0 aliphatic heterocycles. The minimum atomic E-state index is -0.334. The van der Waals surface area contributed by atoms with Crippen LogP contribution in [0.25, 0.3) is 0 Å². The number of benzene rings is 1. The van der Waals surface area contributed by atoms with Crippen LogP contribution < -0.4 is 10.2 Å². The molecule has 0 spiro atoms. The van der Waals surface area contributed by atoms with Crippen molar-refractivity contribution < 1.29 is 4.74 Å². The number of rotatable bonds is 3. The van der Waals surface area contributed by atoms with E-state index in [9.17, 15) is 0 Å². The number of anilines is 1. The third-order valence-electron chi connectivity index (χ3n) is 1.86. The van der Waals surface area contributed by atoms with Crippen LogP contribution in [0.1, 0.15) is 5.56 Å². The minimum absolute atomic E-state index is 0.309. The summed E-state index contributed by atoms with van der Waals surface area (Å²) in [4.78, 5) is 0. The van der Waals surface area contributed by atoms with E-state index in [1.165, 1.54) is 7.11 Å². The van der Waals surface area contributed by atoms with Crippen molar-refractivity contribution in [2.24, 2.45) is 5.10 Å². The first-order chi connectivity index (χ1) is 8.26. The Morgan fingerprint density at radius 2 is 2.00 bits per heavy atom. The van der Waals surface area contributed by atoms with Crippen LogP contribution in [-0.2, 0) is 0 Å². The molecule has 82 valence electrons. The third kappa shape index (κ3) is 2.71. The molecule has 0 amide bonds. The van der Waals surface area contributed by atoms with E-state index >= 15 is 0 Å². The van der Waals surface area contributed by atoms with Gasteiger partial charge in [-0.15, -0.1) is 0 Å². The number of nitrogens with zero attached hydrogens (tertiary/aromatic N) is 4. The Morgan fingerprint density at radius 3 is 2.53 bits per heavy atom. The Morgan fingerprint density at radius 1 is 1.29 bits per heavy atom. The van der Waals surface area contributed by atoms with Crippen LogP contribution in [-0.4, -0.2) is 12.8 Å². The summed E-state index contributed by atoms with van der Waals surface area (Å²) in [6, 6.07) is 10.0. The van der Waals surface area contributed by atoms with Gasteiger partial charge in [-0.2, -0.15) is 20.9 Å². The maximum Gasteiger partial charge on any atom is 0.237 e. The van der Waals surface area contributed by atoms with Gasteiger partial charge in [0.05, 0.1) is 12.7 Å². The summed E-state index contributed by atoms with van der Waals surface area (Å²) in [5.41, 5.74) is 2.78. The SMILES string of the molecule is COc1cccc(C#N)c1NN=C(C#N)C#N. The van der Waals surface area contributed by atoms with Crippen LogP contribution in [0.5, 0.6) is 5.75 Å². The van der Waals surface area contributed by atoms with Crippen LogP contribution >= 0.6 is 0 Å². The largest absolute Gasteiger partial charge is 0.494 e. The molecule has 0 aliphatic carbocycles. The number of methoxy groups -OCH3 is 1. The number of nitriles is 3. The normalized spacial score (nSPS) is 8.12. The first-order valence-electron chi connectivity index (χ1n) is 4.47. The zero-order chi connectivity index (χ0) is 12.7. The van der Waals surface area contributed by atoms with E-state index in [1.807, 2.05) is 6.07 Å². The van der Waals surface area contributed by atoms with Crippen LogP contribution in [0.15, 0.2) is 23.3 Å². The molecular weight excluding hydrogens is 218 g/mol. The number of hydrogen-bond acceptors (Lipinski definition) is 6. The maximum atomic E-state index is 8.89. The van der Waals surface area contributed by atoms with Crippen molar-refractivity contribution in [1.82, 2.24) is 0 Å². The number of nitrogens with one attached hydrogen (secondary N) is 1. The van der Waals surface area contributed by atoms with Crippen LogP contribution in [0.3, 0.4) is 0 Å². The van der Waals surface area contributed by atoms with Gasteiger partial charge < -0.3 is 4.74 Å². The Balaban J connectivity index is 3.15. The lowest BCUT2D eigenvalue weighted by atomic mass is 10.2. The van der Waals surface area contributed by atoms with Crippen LogP contribution in [0.2, 0.25) is 0 Å². The second-order valence-electron chi connectivity index (χ2n) is 2.79. The lowest BCUT2D eigenvalue weighted by Gasteiger charge is -2.08. The molecule has 0 fully saturated rings. The van der Waals surface area contributed by atoms with Gasteiger partial charge in [-0.05, 0) is 12.1 Å². The summed E-state index contributed by atoms with van der Waals surface area (Å²) in [5, 5.41) is 29.5. The summed E-state index contributed by atoms with van der Waals surface area (Å²) in [6.45, 7) is 0. The zero-order valence-corrected chi connectivity index (χ0v) is 8.93. The summed E-state index contributed by atoms with van der Waals surface area (Å²) >= 11 is 0. The third-order valence-corrected chi connectivity index (χ3v) is 1.86. The fourth-order valence-electron chi connectivity index (χ4n) is 1.10.